The molecule has 1 fully saturated rings. The van der Waals surface area contributed by atoms with Crippen LogP contribution in [0, 0.1) is 6.92 Å². The Kier molecular flexibility index (Phi) is 3.45. The Hall–Kier alpha value is -1.17. The lowest BCUT2D eigenvalue weighted by Crippen LogP contribution is -2.39. The van der Waals surface area contributed by atoms with Crippen molar-refractivity contribution in [2.45, 2.75) is 19.5 Å². The van der Waals surface area contributed by atoms with Gasteiger partial charge in [0.25, 0.3) is 0 Å². The van der Waals surface area contributed by atoms with E-state index in [9.17, 15) is 0 Å². The highest BCUT2D eigenvalue weighted by atomic mass is 32.1. The predicted octanol–water partition coefficient (Wildman–Crippen LogP) is 2.62. The molecular weight excluding hydrogens is 248 g/mol. The second kappa shape index (κ2) is 5.22. The Bertz CT molecular complexity index is 495. The van der Waals surface area contributed by atoms with Crippen LogP contribution in [0.4, 0.5) is 0 Å². The summed E-state index contributed by atoms with van der Waals surface area (Å²) in [5.41, 5.74) is 1.11. The van der Waals surface area contributed by atoms with E-state index >= 15 is 0 Å². The van der Waals surface area contributed by atoms with Crippen LogP contribution in [0.1, 0.15) is 22.5 Å². The molecule has 3 heterocycles. The van der Waals surface area contributed by atoms with Crippen LogP contribution in [0.25, 0.3) is 0 Å². The first kappa shape index (κ1) is 11.9. The third kappa shape index (κ3) is 2.48. The van der Waals surface area contributed by atoms with Crippen molar-refractivity contribution < 1.29 is 9.15 Å². The van der Waals surface area contributed by atoms with Crippen LogP contribution in [0.5, 0.6) is 0 Å². The molecule has 0 unspecified atom stereocenters. The van der Waals surface area contributed by atoms with Crippen molar-refractivity contribution in [2.75, 3.05) is 19.8 Å². The molecule has 0 amide bonds. The first-order chi connectivity index (χ1) is 8.83. The molecule has 18 heavy (non-hydrogen) atoms. The first-order valence-electron chi connectivity index (χ1n) is 6.09. The number of hydrogen-bond acceptors (Lipinski definition) is 5. The normalized spacial score (nSPS) is 21.3. The molecule has 0 N–H and O–H groups in total. The van der Waals surface area contributed by atoms with E-state index in [4.69, 9.17) is 9.15 Å². The number of ether oxygens (including phenoxy) is 1. The standard InChI is InChI=1S/C13H16N2O2S/c1-10-14-12(9-18-10)13-8-16-6-4-15(13)7-11-3-2-5-17-11/h2-3,5,9,13H,4,6-8H2,1H3/t13-/m0/s1. The topological polar surface area (TPSA) is 38.5 Å². The van der Waals surface area contributed by atoms with Gasteiger partial charge in [-0.2, -0.15) is 0 Å². The summed E-state index contributed by atoms with van der Waals surface area (Å²) < 4.78 is 11.0. The zero-order chi connectivity index (χ0) is 12.4. The van der Waals surface area contributed by atoms with Crippen molar-refractivity contribution in [3.63, 3.8) is 0 Å². The summed E-state index contributed by atoms with van der Waals surface area (Å²) in [6.45, 7) is 5.26. The minimum absolute atomic E-state index is 0.244. The second-order valence-corrected chi connectivity index (χ2v) is 5.49. The van der Waals surface area contributed by atoms with Crippen LogP contribution in [0.15, 0.2) is 28.2 Å². The van der Waals surface area contributed by atoms with Gasteiger partial charge < -0.3 is 9.15 Å². The van der Waals surface area contributed by atoms with E-state index in [1.807, 2.05) is 19.1 Å². The van der Waals surface area contributed by atoms with Gasteiger partial charge in [-0.1, -0.05) is 0 Å². The summed E-state index contributed by atoms with van der Waals surface area (Å²) in [4.78, 5) is 6.95. The summed E-state index contributed by atoms with van der Waals surface area (Å²) in [6.07, 6.45) is 1.72. The molecule has 0 saturated carbocycles. The minimum atomic E-state index is 0.244. The van der Waals surface area contributed by atoms with Gasteiger partial charge in [0.15, 0.2) is 0 Å². The highest BCUT2D eigenvalue weighted by Gasteiger charge is 2.27. The molecule has 0 bridgehead atoms. The van der Waals surface area contributed by atoms with Crippen LogP contribution in [0.3, 0.4) is 0 Å². The SMILES string of the molecule is Cc1nc([C@@H]2COCCN2Cc2ccco2)cs1. The minimum Gasteiger partial charge on any atom is -0.468 e. The fourth-order valence-electron chi connectivity index (χ4n) is 2.24. The number of morpholine rings is 1. The number of thiazole rings is 1. The first-order valence-corrected chi connectivity index (χ1v) is 6.97. The molecule has 0 aliphatic carbocycles. The van der Waals surface area contributed by atoms with Crippen molar-refractivity contribution in [1.82, 2.24) is 9.88 Å². The largest absolute Gasteiger partial charge is 0.468 e. The lowest BCUT2D eigenvalue weighted by molar-refractivity contribution is -0.0167. The molecule has 0 radical (unpaired) electrons. The van der Waals surface area contributed by atoms with Crippen molar-refractivity contribution in [2.24, 2.45) is 0 Å². The fraction of sp³-hybridized carbons (Fsp3) is 0.462. The molecular formula is C13H16N2O2S. The number of aryl methyl sites for hydroxylation is 1. The molecule has 4 nitrogen and oxygen atoms in total. The Morgan fingerprint density at radius 2 is 2.50 bits per heavy atom. The van der Waals surface area contributed by atoms with E-state index in [1.165, 1.54) is 0 Å². The van der Waals surface area contributed by atoms with Gasteiger partial charge in [-0.15, -0.1) is 11.3 Å². The second-order valence-electron chi connectivity index (χ2n) is 4.43. The molecule has 1 saturated heterocycles. The lowest BCUT2D eigenvalue weighted by atomic mass is 10.1. The smallest absolute Gasteiger partial charge is 0.117 e. The highest BCUT2D eigenvalue weighted by Crippen LogP contribution is 2.26. The Balaban J connectivity index is 1.77. The maximum Gasteiger partial charge on any atom is 0.117 e. The zero-order valence-electron chi connectivity index (χ0n) is 10.3. The summed E-state index contributed by atoms with van der Waals surface area (Å²) in [5.74, 6) is 0.994. The van der Waals surface area contributed by atoms with Gasteiger partial charge in [0.05, 0.1) is 42.8 Å². The Morgan fingerprint density at radius 3 is 3.22 bits per heavy atom. The molecule has 2 aromatic rings. The number of furan rings is 1. The summed E-state index contributed by atoms with van der Waals surface area (Å²) >= 11 is 1.69. The average molecular weight is 264 g/mol. The molecule has 0 aromatic carbocycles. The summed E-state index contributed by atoms with van der Waals surface area (Å²) in [7, 11) is 0. The molecule has 1 aliphatic heterocycles. The van der Waals surface area contributed by atoms with Crippen LogP contribution < -0.4 is 0 Å². The Morgan fingerprint density at radius 1 is 1.56 bits per heavy atom. The molecule has 1 aliphatic rings. The van der Waals surface area contributed by atoms with E-state index in [0.29, 0.717) is 6.61 Å². The maximum absolute atomic E-state index is 5.59. The van der Waals surface area contributed by atoms with Gasteiger partial charge in [-0.25, -0.2) is 4.98 Å². The quantitative estimate of drug-likeness (QED) is 0.854. The van der Waals surface area contributed by atoms with Gasteiger partial charge in [-0.3, -0.25) is 4.90 Å². The molecule has 96 valence electrons. The maximum atomic E-state index is 5.59. The van der Waals surface area contributed by atoms with Crippen LogP contribution in [-0.4, -0.2) is 29.6 Å². The lowest BCUT2D eigenvalue weighted by Gasteiger charge is -2.33. The molecule has 3 rings (SSSR count). The third-order valence-electron chi connectivity index (χ3n) is 3.16. The monoisotopic (exact) mass is 264 g/mol. The molecule has 1 atom stereocenters. The average Bonchev–Trinajstić information content (AvgIpc) is 3.02. The summed E-state index contributed by atoms with van der Waals surface area (Å²) in [5, 5.41) is 3.23. The number of rotatable bonds is 3. The fourth-order valence-corrected chi connectivity index (χ4v) is 2.89. The van der Waals surface area contributed by atoms with Gasteiger partial charge in [-0.05, 0) is 19.1 Å². The zero-order valence-corrected chi connectivity index (χ0v) is 11.2. The van der Waals surface area contributed by atoms with E-state index in [0.717, 1.165) is 36.2 Å². The molecule has 2 aromatic heterocycles. The van der Waals surface area contributed by atoms with Crippen LogP contribution in [-0.2, 0) is 11.3 Å². The van der Waals surface area contributed by atoms with Crippen molar-refractivity contribution in [3.05, 3.63) is 40.2 Å². The molecule has 5 heteroatoms. The van der Waals surface area contributed by atoms with Crippen molar-refractivity contribution in [1.29, 1.82) is 0 Å². The number of nitrogens with zero attached hydrogens (tertiary/aromatic N) is 2. The highest BCUT2D eigenvalue weighted by molar-refractivity contribution is 7.09. The van der Waals surface area contributed by atoms with Gasteiger partial charge >= 0.3 is 0 Å². The summed E-state index contributed by atoms with van der Waals surface area (Å²) in [6, 6.07) is 4.19. The van der Waals surface area contributed by atoms with Gasteiger partial charge in [0, 0.05) is 11.9 Å². The van der Waals surface area contributed by atoms with Crippen molar-refractivity contribution >= 4 is 11.3 Å². The third-order valence-corrected chi connectivity index (χ3v) is 3.95. The van der Waals surface area contributed by atoms with Gasteiger partial charge in [0.2, 0.25) is 0 Å². The number of aromatic nitrogens is 1. The van der Waals surface area contributed by atoms with Crippen molar-refractivity contribution in [3.8, 4) is 0 Å². The molecule has 0 spiro atoms. The van der Waals surface area contributed by atoms with E-state index in [2.05, 4.69) is 15.3 Å². The van der Waals surface area contributed by atoms with E-state index in [-0.39, 0.29) is 6.04 Å². The van der Waals surface area contributed by atoms with Crippen LogP contribution in [0.2, 0.25) is 0 Å². The van der Waals surface area contributed by atoms with Crippen LogP contribution >= 0.6 is 11.3 Å². The van der Waals surface area contributed by atoms with E-state index in [1.54, 1.807) is 17.6 Å². The van der Waals surface area contributed by atoms with E-state index < -0.39 is 0 Å². The number of hydrogen-bond donors (Lipinski definition) is 0. The van der Waals surface area contributed by atoms with Gasteiger partial charge in [0.1, 0.15) is 5.76 Å². The Labute approximate surface area is 110 Å². The predicted molar refractivity (Wildman–Crippen MR) is 69.5 cm³/mol.